The maximum Gasteiger partial charge on any atom is 0.244 e. The van der Waals surface area contributed by atoms with Gasteiger partial charge < -0.3 is 9.42 Å². The Morgan fingerprint density at radius 1 is 1.06 bits per heavy atom. The summed E-state index contributed by atoms with van der Waals surface area (Å²) in [5.41, 5.74) is 3.18. The van der Waals surface area contributed by atoms with Crippen LogP contribution in [-0.4, -0.2) is 52.0 Å². The van der Waals surface area contributed by atoms with E-state index in [-0.39, 0.29) is 29.6 Å². The summed E-state index contributed by atoms with van der Waals surface area (Å²) in [6, 6.07) is 14.6. The molecule has 2 aromatic carbocycles. The largest absolute Gasteiger partial charge is 0.340 e. The zero-order valence-electron chi connectivity index (χ0n) is 18.4. The van der Waals surface area contributed by atoms with Crippen LogP contribution < -0.4 is 0 Å². The van der Waals surface area contributed by atoms with Crippen LogP contribution in [0.2, 0.25) is 0 Å². The van der Waals surface area contributed by atoms with Crippen LogP contribution in [0.25, 0.3) is 11.4 Å². The van der Waals surface area contributed by atoms with Gasteiger partial charge >= 0.3 is 0 Å². The Balaban J connectivity index is 1.16. The fourth-order valence-electron chi connectivity index (χ4n) is 4.49. The Hall–Kier alpha value is -3.06. The molecular formula is C25H27FN4O2. The van der Waals surface area contributed by atoms with E-state index in [1.54, 1.807) is 12.1 Å². The first-order valence-corrected chi connectivity index (χ1v) is 11.2. The van der Waals surface area contributed by atoms with Crippen molar-refractivity contribution in [3.8, 4) is 11.4 Å². The van der Waals surface area contributed by atoms with Crippen molar-refractivity contribution in [2.24, 2.45) is 5.92 Å². The van der Waals surface area contributed by atoms with Gasteiger partial charge in [0.25, 0.3) is 0 Å². The third kappa shape index (κ3) is 4.17. The molecule has 3 unspecified atom stereocenters. The van der Waals surface area contributed by atoms with Gasteiger partial charge in [-0.25, -0.2) is 4.39 Å². The summed E-state index contributed by atoms with van der Waals surface area (Å²) in [5.74, 6) is 1.41. The minimum Gasteiger partial charge on any atom is -0.340 e. The summed E-state index contributed by atoms with van der Waals surface area (Å²) < 4.78 is 18.7. The first-order chi connectivity index (χ1) is 15.5. The molecule has 1 aliphatic carbocycles. The number of aryl methyl sites for hydroxylation is 1. The molecule has 3 atom stereocenters. The number of rotatable bonds is 5. The van der Waals surface area contributed by atoms with E-state index in [0.29, 0.717) is 24.8 Å². The van der Waals surface area contributed by atoms with Crippen molar-refractivity contribution in [1.82, 2.24) is 19.9 Å². The van der Waals surface area contributed by atoms with Crippen LogP contribution >= 0.6 is 0 Å². The minimum absolute atomic E-state index is 0.00756. The molecule has 5 rings (SSSR count). The van der Waals surface area contributed by atoms with E-state index in [9.17, 15) is 9.18 Å². The van der Waals surface area contributed by atoms with Gasteiger partial charge in [0.2, 0.25) is 17.6 Å². The Bertz CT molecular complexity index is 1090. The van der Waals surface area contributed by atoms with Gasteiger partial charge in [-0.05, 0) is 43.9 Å². The first kappa shape index (κ1) is 20.8. The van der Waals surface area contributed by atoms with Crippen LogP contribution in [0.15, 0.2) is 53.1 Å². The first-order valence-electron chi connectivity index (χ1n) is 11.2. The Morgan fingerprint density at radius 2 is 1.75 bits per heavy atom. The molecule has 1 saturated heterocycles. The number of benzene rings is 2. The second-order valence-electron chi connectivity index (χ2n) is 8.86. The Kier molecular flexibility index (Phi) is 5.51. The monoisotopic (exact) mass is 434 g/mol. The summed E-state index contributed by atoms with van der Waals surface area (Å²) >= 11 is 0. The van der Waals surface area contributed by atoms with Gasteiger partial charge in [-0.1, -0.05) is 47.1 Å². The molecule has 1 amide bonds. The van der Waals surface area contributed by atoms with Gasteiger partial charge in [-0.2, -0.15) is 4.98 Å². The Morgan fingerprint density at radius 3 is 2.44 bits per heavy atom. The average molecular weight is 435 g/mol. The number of aromatic nitrogens is 2. The van der Waals surface area contributed by atoms with E-state index in [1.165, 1.54) is 17.7 Å². The van der Waals surface area contributed by atoms with E-state index < -0.39 is 0 Å². The lowest BCUT2D eigenvalue weighted by Gasteiger charge is -2.37. The molecule has 6 nitrogen and oxygen atoms in total. The maximum absolute atomic E-state index is 13.1. The van der Waals surface area contributed by atoms with Gasteiger partial charge in [0.05, 0.1) is 6.04 Å². The molecule has 166 valence electrons. The molecule has 0 radical (unpaired) electrons. The molecule has 0 N–H and O–H groups in total. The number of carbonyl (C=O) groups is 1. The van der Waals surface area contributed by atoms with Crippen molar-refractivity contribution in [3.05, 3.63) is 71.4 Å². The SMILES string of the molecule is Cc1ccc(-c2noc(C(C)N3CCN(C(=O)C4CC4c4ccc(F)cc4)CC3)n2)cc1. The molecule has 0 spiro atoms. The molecule has 1 aromatic heterocycles. The van der Waals surface area contributed by atoms with Crippen LogP contribution in [0.3, 0.4) is 0 Å². The number of amides is 1. The quantitative estimate of drug-likeness (QED) is 0.603. The predicted molar refractivity (Wildman–Crippen MR) is 118 cm³/mol. The highest BCUT2D eigenvalue weighted by molar-refractivity contribution is 5.83. The number of nitrogens with zero attached hydrogens (tertiary/aromatic N) is 4. The number of halogens is 1. The molecule has 7 heteroatoms. The second kappa shape index (κ2) is 8.47. The van der Waals surface area contributed by atoms with Crippen LogP contribution in [0.5, 0.6) is 0 Å². The number of carbonyl (C=O) groups excluding carboxylic acids is 1. The second-order valence-corrected chi connectivity index (χ2v) is 8.86. The number of hydrogen-bond acceptors (Lipinski definition) is 5. The molecule has 3 aromatic rings. The predicted octanol–water partition coefficient (Wildman–Crippen LogP) is 4.19. The van der Waals surface area contributed by atoms with Gasteiger partial charge in [-0.15, -0.1) is 0 Å². The van der Waals surface area contributed by atoms with Crippen molar-refractivity contribution in [2.45, 2.75) is 32.2 Å². The summed E-state index contributed by atoms with van der Waals surface area (Å²) in [6.07, 6.45) is 0.852. The van der Waals surface area contributed by atoms with E-state index in [4.69, 9.17) is 4.52 Å². The summed E-state index contributed by atoms with van der Waals surface area (Å²) in [7, 11) is 0. The summed E-state index contributed by atoms with van der Waals surface area (Å²) in [4.78, 5) is 21.8. The Labute approximate surface area is 187 Å². The highest BCUT2D eigenvalue weighted by atomic mass is 19.1. The lowest BCUT2D eigenvalue weighted by molar-refractivity contribution is -0.134. The minimum atomic E-state index is -0.241. The van der Waals surface area contributed by atoms with Crippen LogP contribution in [0.1, 0.15) is 42.3 Å². The van der Waals surface area contributed by atoms with Gasteiger partial charge in [-0.3, -0.25) is 9.69 Å². The lowest BCUT2D eigenvalue weighted by Crippen LogP contribution is -2.49. The van der Waals surface area contributed by atoms with E-state index >= 15 is 0 Å². The van der Waals surface area contributed by atoms with Crippen molar-refractivity contribution in [1.29, 1.82) is 0 Å². The van der Waals surface area contributed by atoms with Crippen LogP contribution in [0.4, 0.5) is 4.39 Å². The van der Waals surface area contributed by atoms with Crippen LogP contribution in [-0.2, 0) is 4.79 Å². The number of hydrogen-bond donors (Lipinski definition) is 0. The zero-order valence-corrected chi connectivity index (χ0v) is 18.4. The van der Waals surface area contributed by atoms with E-state index in [2.05, 4.69) is 22.0 Å². The highest BCUT2D eigenvalue weighted by Gasteiger charge is 2.46. The smallest absolute Gasteiger partial charge is 0.244 e. The fraction of sp³-hybridized carbons (Fsp3) is 0.400. The molecule has 2 aliphatic rings. The van der Waals surface area contributed by atoms with Crippen molar-refractivity contribution in [2.75, 3.05) is 26.2 Å². The van der Waals surface area contributed by atoms with E-state index in [1.807, 2.05) is 36.1 Å². The zero-order chi connectivity index (χ0) is 22.2. The third-order valence-electron chi connectivity index (χ3n) is 6.69. The van der Waals surface area contributed by atoms with Crippen LogP contribution in [0, 0.1) is 18.7 Å². The molecular weight excluding hydrogens is 407 g/mol. The molecule has 2 fully saturated rings. The standard InChI is InChI=1S/C25H27FN4O2/c1-16-3-5-19(6-4-16)23-27-24(32-28-23)17(2)29-11-13-30(14-12-29)25(31)22-15-21(22)18-7-9-20(26)10-8-18/h3-10,17,21-22H,11-15H2,1-2H3. The normalized spacial score (nSPS) is 22.0. The van der Waals surface area contributed by atoms with Gasteiger partial charge in [0, 0.05) is 37.7 Å². The van der Waals surface area contributed by atoms with E-state index in [0.717, 1.165) is 30.6 Å². The maximum atomic E-state index is 13.1. The van der Waals surface area contributed by atoms with Crippen molar-refractivity contribution in [3.63, 3.8) is 0 Å². The van der Waals surface area contributed by atoms with Gasteiger partial charge in [0.1, 0.15) is 5.82 Å². The summed E-state index contributed by atoms with van der Waals surface area (Å²) in [5, 5.41) is 4.15. The topological polar surface area (TPSA) is 62.5 Å². The van der Waals surface area contributed by atoms with Gasteiger partial charge in [0.15, 0.2) is 0 Å². The average Bonchev–Trinajstić information content (AvgIpc) is 3.46. The molecule has 32 heavy (non-hydrogen) atoms. The van der Waals surface area contributed by atoms with Crippen molar-refractivity contribution >= 4 is 5.91 Å². The number of piperazine rings is 1. The molecule has 2 heterocycles. The fourth-order valence-corrected chi connectivity index (χ4v) is 4.49. The molecule has 0 bridgehead atoms. The summed E-state index contributed by atoms with van der Waals surface area (Å²) in [6.45, 7) is 7.02. The molecule has 1 aliphatic heterocycles. The molecule has 1 saturated carbocycles. The third-order valence-corrected chi connectivity index (χ3v) is 6.69. The lowest BCUT2D eigenvalue weighted by atomic mass is 10.1. The highest BCUT2D eigenvalue weighted by Crippen LogP contribution is 2.48. The van der Waals surface area contributed by atoms with Crippen molar-refractivity contribution < 1.29 is 13.7 Å².